The zero-order valence-electron chi connectivity index (χ0n) is 16.9. The highest BCUT2D eigenvalue weighted by atomic mass is 16.6. The van der Waals surface area contributed by atoms with Crippen LogP contribution in [0.1, 0.15) is 59.8 Å². The lowest BCUT2D eigenvalue weighted by Gasteiger charge is -2.44. The fraction of sp³-hybridized carbons (Fsp3) is 0.850. The lowest BCUT2D eigenvalue weighted by Crippen LogP contribution is -2.58. The molecule has 3 saturated carbocycles. The zero-order valence-corrected chi connectivity index (χ0v) is 16.9. The van der Waals surface area contributed by atoms with Crippen molar-refractivity contribution in [1.29, 1.82) is 0 Å². The number of hydrogen-bond acceptors (Lipinski definition) is 4. The molecule has 3 atom stereocenters. The summed E-state index contributed by atoms with van der Waals surface area (Å²) in [6.07, 6.45) is 4.49. The molecule has 7 nitrogen and oxygen atoms in total. The van der Waals surface area contributed by atoms with Crippen LogP contribution in [0.25, 0.3) is 0 Å². The molecule has 152 valence electrons. The number of ether oxygens (including phenoxy) is 1. The number of nitrogens with zero attached hydrogens (tertiary/aromatic N) is 1. The van der Waals surface area contributed by atoms with Gasteiger partial charge in [0, 0.05) is 6.54 Å². The van der Waals surface area contributed by atoms with Gasteiger partial charge in [0.2, 0.25) is 11.8 Å². The van der Waals surface area contributed by atoms with E-state index >= 15 is 0 Å². The smallest absolute Gasteiger partial charge is 0.408 e. The molecule has 2 bridgehead atoms. The molecule has 1 heterocycles. The maximum Gasteiger partial charge on any atom is 0.408 e. The summed E-state index contributed by atoms with van der Waals surface area (Å²) in [5.41, 5.74) is 5.01. The first kappa shape index (κ1) is 20.0. The quantitative estimate of drug-likeness (QED) is 0.780. The number of likely N-dealkylation sites (tertiary alicyclic amines) is 1. The molecule has 1 aliphatic heterocycles. The number of primary amides is 1. The molecule has 4 aliphatic rings. The van der Waals surface area contributed by atoms with Crippen molar-refractivity contribution in [3.05, 3.63) is 0 Å². The molecular formula is C20H33N3O4. The van der Waals surface area contributed by atoms with Gasteiger partial charge in [0.1, 0.15) is 18.2 Å². The van der Waals surface area contributed by atoms with Gasteiger partial charge >= 0.3 is 6.09 Å². The van der Waals surface area contributed by atoms with E-state index in [1.165, 1.54) is 17.7 Å². The molecule has 0 aromatic carbocycles. The van der Waals surface area contributed by atoms with E-state index in [4.69, 9.17) is 10.5 Å². The standard InChI is InChI=1S/C20H33N3O4/c1-11-5-6-23(15(11)17(21)24)18(25)16(20(2,3)4)22-19(26)27-14-9-12-7-13(8-12)10-14/h11-16H,5-10H2,1-4H3,(H2,21,24)(H,22,26). The van der Waals surface area contributed by atoms with Crippen molar-refractivity contribution in [3.63, 3.8) is 0 Å². The van der Waals surface area contributed by atoms with E-state index in [1.807, 2.05) is 27.7 Å². The Morgan fingerprint density at radius 3 is 2.22 bits per heavy atom. The number of carbonyl (C=O) groups excluding carboxylic acids is 3. The third kappa shape index (κ3) is 4.22. The van der Waals surface area contributed by atoms with Crippen LogP contribution in [-0.2, 0) is 14.3 Å². The highest BCUT2D eigenvalue weighted by Crippen LogP contribution is 2.46. The number of rotatable bonds is 4. The van der Waals surface area contributed by atoms with Crippen molar-refractivity contribution in [2.75, 3.05) is 6.54 Å². The molecule has 1 saturated heterocycles. The van der Waals surface area contributed by atoms with Gasteiger partial charge < -0.3 is 20.7 Å². The topological polar surface area (TPSA) is 102 Å². The van der Waals surface area contributed by atoms with Crippen LogP contribution >= 0.6 is 0 Å². The summed E-state index contributed by atoms with van der Waals surface area (Å²) >= 11 is 0. The molecular weight excluding hydrogens is 346 g/mol. The predicted octanol–water partition coefficient (Wildman–Crippen LogP) is 2.04. The van der Waals surface area contributed by atoms with E-state index in [1.54, 1.807) is 0 Å². The van der Waals surface area contributed by atoms with Crippen LogP contribution in [0.4, 0.5) is 4.79 Å². The summed E-state index contributed by atoms with van der Waals surface area (Å²) in [5.74, 6) is 0.630. The van der Waals surface area contributed by atoms with Crippen molar-refractivity contribution in [1.82, 2.24) is 10.2 Å². The van der Waals surface area contributed by atoms with Gasteiger partial charge in [-0.1, -0.05) is 27.7 Å². The Morgan fingerprint density at radius 1 is 1.11 bits per heavy atom. The third-order valence-electron chi connectivity index (χ3n) is 6.45. The van der Waals surface area contributed by atoms with Gasteiger partial charge in [0.15, 0.2) is 0 Å². The maximum absolute atomic E-state index is 13.2. The van der Waals surface area contributed by atoms with Gasteiger partial charge in [-0.15, -0.1) is 0 Å². The summed E-state index contributed by atoms with van der Waals surface area (Å²) in [7, 11) is 0. The molecule has 0 spiro atoms. The van der Waals surface area contributed by atoms with E-state index in [-0.39, 0.29) is 17.9 Å². The second kappa shape index (κ2) is 7.32. The van der Waals surface area contributed by atoms with Crippen molar-refractivity contribution >= 4 is 17.9 Å². The number of hydrogen-bond donors (Lipinski definition) is 2. The van der Waals surface area contributed by atoms with Gasteiger partial charge in [-0.3, -0.25) is 9.59 Å². The number of alkyl carbamates (subject to hydrolysis) is 1. The van der Waals surface area contributed by atoms with Crippen molar-refractivity contribution in [2.24, 2.45) is 28.9 Å². The Morgan fingerprint density at radius 2 is 1.70 bits per heavy atom. The molecule has 3 amide bonds. The van der Waals surface area contributed by atoms with Crippen LogP contribution in [0.15, 0.2) is 0 Å². The van der Waals surface area contributed by atoms with Crippen LogP contribution in [0.3, 0.4) is 0 Å². The minimum Gasteiger partial charge on any atom is -0.446 e. The third-order valence-corrected chi connectivity index (χ3v) is 6.45. The largest absolute Gasteiger partial charge is 0.446 e. The number of carbonyl (C=O) groups is 3. The van der Waals surface area contributed by atoms with Crippen molar-refractivity contribution < 1.29 is 19.1 Å². The lowest BCUT2D eigenvalue weighted by molar-refractivity contribution is -0.141. The van der Waals surface area contributed by atoms with Gasteiger partial charge in [0.05, 0.1) is 0 Å². The zero-order chi connectivity index (χ0) is 19.9. The second-order valence-corrected chi connectivity index (χ2v) is 9.79. The summed E-state index contributed by atoms with van der Waals surface area (Å²) in [6.45, 7) is 8.08. The number of nitrogens with two attached hydrogens (primary N) is 1. The monoisotopic (exact) mass is 379 g/mol. The molecule has 0 aromatic heterocycles. The van der Waals surface area contributed by atoms with E-state index < -0.39 is 29.5 Å². The SMILES string of the molecule is CC1CCN(C(=O)C(NC(=O)OC2CC3CC(C3)C2)C(C)(C)C)C1C(N)=O. The summed E-state index contributed by atoms with van der Waals surface area (Å²) in [6, 6.07) is -1.39. The normalized spacial score (nSPS) is 33.8. The minimum absolute atomic E-state index is 0.0213. The first-order valence-corrected chi connectivity index (χ1v) is 10.1. The van der Waals surface area contributed by atoms with Crippen LogP contribution in [0.2, 0.25) is 0 Å². The van der Waals surface area contributed by atoms with Gasteiger partial charge in [0.25, 0.3) is 0 Å². The molecule has 27 heavy (non-hydrogen) atoms. The van der Waals surface area contributed by atoms with Gasteiger partial charge in [-0.25, -0.2) is 4.79 Å². The van der Waals surface area contributed by atoms with Crippen LogP contribution in [-0.4, -0.2) is 47.5 Å². The van der Waals surface area contributed by atoms with Crippen LogP contribution < -0.4 is 11.1 Å². The fourth-order valence-corrected chi connectivity index (χ4v) is 4.94. The number of fused-ring (bicyclic) bond motifs is 2. The lowest BCUT2D eigenvalue weighted by atomic mass is 9.64. The average Bonchev–Trinajstić information content (AvgIpc) is 2.92. The van der Waals surface area contributed by atoms with Crippen LogP contribution in [0, 0.1) is 23.2 Å². The Balaban J connectivity index is 1.65. The van der Waals surface area contributed by atoms with E-state index in [0.29, 0.717) is 18.4 Å². The van der Waals surface area contributed by atoms with Crippen LogP contribution in [0.5, 0.6) is 0 Å². The highest BCUT2D eigenvalue weighted by molar-refractivity contribution is 5.92. The van der Waals surface area contributed by atoms with Crippen molar-refractivity contribution in [2.45, 2.75) is 78.0 Å². The Hall–Kier alpha value is -1.79. The molecule has 4 rings (SSSR count). The van der Waals surface area contributed by atoms with E-state index in [0.717, 1.165) is 19.3 Å². The average molecular weight is 380 g/mol. The molecule has 0 aromatic rings. The Bertz CT molecular complexity index is 599. The Kier molecular flexibility index (Phi) is 5.41. The summed E-state index contributed by atoms with van der Waals surface area (Å²) in [5, 5.41) is 2.78. The summed E-state index contributed by atoms with van der Waals surface area (Å²) < 4.78 is 5.61. The molecule has 4 fully saturated rings. The minimum atomic E-state index is -0.768. The molecule has 0 radical (unpaired) electrons. The van der Waals surface area contributed by atoms with E-state index in [2.05, 4.69) is 5.32 Å². The fourth-order valence-electron chi connectivity index (χ4n) is 4.94. The first-order valence-electron chi connectivity index (χ1n) is 10.1. The van der Waals surface area contributed by atoms with E-state index in [9.17, 15) is 14.4 Å². The molecule has 3 aliphatic carbocycles. The molecule has 3 unspecified atom stereocenters. The predicted molar refractivity (Wildman–Crippen MR) is 101 cm³/mol. The number of amides is 3. The summed E-state index contributed by atoms with van der Waals surface area (Å²) in [4.78, 5) is 39.0. The first-order chi connectivity index (χ1) is 12.6. The molecule has 3 N–H and O–H groups in total. The number of nitrogens with one attached hydrogen (secondary N) is 1. The molecule has 7 heteroatoms. The maximum atomic E-state index is 13.2. The Labute approximate surface area is 161 Å². The second-order valence-electron chi connectivity index (χ2n) is 9.79. The van der Waals surface area contributed by atoms with Crippen molar-refractivity contribution in [3.8, 4) is 0 Å². The van der Waals surface area contributed by atoms with Gasteiger partial charge in [-0.05, 0) is 55.3 Å². The highest BCUT2D eigenvalue weighted by Gasteiger charge is 2.45. The van der Waals surface area contributed by atoms with Gasteiger partial charge in [-0.2, -0.15) is 0 Å².